The Bertz CT molecular complexity index is 767. The van der Waals surface area contributed by atoms with Crippen LogP contribution in [0, 0.1) is 11.6 Å². The summed E-state index contributed by atoms with van der Waals surface area (Å²) in [6.45, 7) is 0.373. The molecule has 22 heavy (non-hydrogen) atoms. The molecule has 1 aromatic heterocycles. The average molecular weight is 330 g/mol. The van der Waals surface area contributed by atoms with Crippen molar-refractivity contribution < 1.29 is 21.9 Å². The van der Waals surface area contributed by atoms with E-state index in [1.165, 1.54) is 6.33 Å². The molecule has 1 N–H and O–H groups in total. The van der Waals surface area contributed by atoms with Crippen molar-refractivity contribution in [3.63, 3.8) is 0 Å². The molecule has 3 rings (SSSR count). The number of halogens is 2. The first-order valence-electron chi connectivity index (χ1n) is 6.40. The first-order chi connectivity index (χ1) is 10.5. The minimum Gasteiger partial charge on any atom is -0.378 e. The number of rotatable bonds is 3. The number of ether oxygens (including phenoxy) is 1. The number of hydrogen-bond acceptors (Lipinski definition) is 5. The molecule has 2 heterocycles. The lowest BCUT2D eigenvalue weighted by Crippen LogP contribution is -2.43. The highest BCUT2D eigenvalue weighted by atomic mass is 32.2. The van der Waals surface area contributed by atoms with E-state index in [0.29, 0.717) is 11.9 Å². The minimum atomic E-state index is -4.02. The van der Waals surface area contributed by atoms with Crippen LogP contribution in [0.2, 0.25) is 0 Å². The molecule has 1 saturated heterocycles. The molecule has 118 valence electrons. The van der Waals surface area contributed by atoms with Crippen molar-refractivity contribution in [2.24, 2.45) is 0 Å². The number of aromatic amines is 1. The Morgan fingerprint density at radius 3 is 2.82 bits per heavy atom. The van der Waals surface area contributed by atoms with Gasteiger partial charge >= 0.3 is 0 Å². The van der Waals surface area contributed by atoms with Gasteiger partial charge in [-0.05, 0) is 18.2 Å². The fraction of sp³-hybridized carbons (Fsp3) is 0.333. The zero-order valence-electron chi connectivity index (χ0n) is 11.2. The van der Waals surface area contributed by atoms with Crippen molar-refractivity contribution in [2.75, 3.05) is 19.8 Å². The van der Waals surface area contributed by atoms with Crippen molar-refractivity contribution in [1.29, 1.82) is 0 Å². The van der Waals surface area contributed by atoms with Crippen molar-refractivity contribution in [1.82, 2.24) is 19.5 Å². The molecule has 0 saturated carbocycles. The summed E-state index contributed by atoms with van der Waals surface area (Å²) >= 11 is 0. The van der Waals surface area contributed by atoms with Gasteiger partial charge in [0.05, 0.1) is 18.1 Å². The number of morpholine rings is 1. The van der Waals surface area contributed by atoms with E-state index in [-0.39, 0.29) is 24.7 Å². The highest BCUT2D eigenvalue weighted by molar-refractivity contribution is 7.89. The van der Waals surface area contributed by atoms with Crippen LogP contribution in [0.4, 0.5) is 8.78 Å². The fourth-order valence-corrected chi connectivity index (χ4v) is 3.81. The van der Waals surface area contributed by atoms with Gasteiger partial charge in [0, 0.05) is 6.54 Å². The van der Waals surface area contributed by atoms with Crippen LogP contribution in [0.15, 0.2) is 29.4 Å². The molecule has 10 heteroatoms. The van der Waals surface area contributed by atoms with Crippen LogP contribution >= 0.6 is 0 Å². The Hall–Kier alpha value is -1.91. The van der Waals surface area contributed by atoms with Crippen LogP contribution < -0.4 is 0 Å². The van der Waals surface area contributed by atoms with E-state index in [4.69, 9.17) is 4.74 Å². The Morgan fingerprint density at radius 2 is 2.14 bits per heavy atom. The Labute approximate surface area is 125 Å². The molecule has 0 radical (unpaired) electrons. The zero-order chi connectivity index (χ0) is 15.7. The quantitative estimate of drug-likeness (QED) is 0.901. The molecule has 1 atom stereocenters. The number of sulfonamides is 1. The van der Waals surface area contributed by atoms with Crippen molar-refractivity contribution in [2.45, 2.75) is 10.9 Å². The van der Waals surface area contributed by atoms with Crippen molar-refractivity contribution >= 4 is 10.0 Å². The number of nitrogens with one attached hydrogen (secondary N) is 1. The number of aromatic nitrogens is 3. The molecule has 0 amide bonds. The van der Waals surface area contributed by atoms with Gasteiger partial charge in [0.15, 0.2) is 11.6 Å². The summed E-state index contributed by atoms with van der Waals surface area (Å²) in [6, 6.07) is 1.78. The molecule has 2 aromatic rings. The second-order valence-corrected chi connectivity index (χ2v) is 6.54. The summed E-state index contributed by atoms with van der Waals surface area (Å²) in [4.78, 5) is 3.62. The van der Waals surface area contributed by atoms with Crippen LogP contribution in [0.1, 0.15) is 11.9 Å². The average Bonchev–Trinajstić information content (AvgIpc) is 3.04. The van der Waals surface area contributed by atoms with E-state index < -0.39 is 27.7 Å². The highest BCUT2D eigenvalue weighted by Gasteiger charge is 2.36. The van der Waals surface area contributed by atoms with E-state index in [1.807, 2.05) is 0 Å². The van der Waals surface area contributed by atoms with Gasteiger partial charge in [-0.3, -0.25) is 5.10 Å². The number of H-pyrrole nitrogens is 1. The van der Waals surface area contributed by atoms with Gasteiger partial charge in [0.2, 0.25) is 10.0 Å². The van der Waals surface area contributed by atoms with Gasteiger partial charge in [0.25, 0.3) is 0 Å². The SMILES string of the molecule is O=S(=O)(c1ccc(F)c(F)c1)N1CCOCC1c1ncn[nH]1. The summed E-state index contributed by atoms with van der Waals surface area (Å²) in [5.41, 5.74) is 0. The first-order valence-corrected chi connectivity index (χ1v) is 7.84. The van der Waals surface area contributed by atoms with E-state index >= 15 is 0 Å². The molecule has 0 aliphatic carbocycles. The lowest BCUT2D eigenvalue weighted by Gasteiger charge is -2.33. The summed E-state index contributed by atoms with van der Waals surface area (Å²) < 4.78 is 58.1. The number of benzene rings is 1. The topological polar surface area (TPSA) is 88.2 Å². The molecule has 1 aliphatic rings. The van der Waals surface area contributed by atoms with E-state index in [9.17, 15) is 17.2 Å². The molecule has 1 unspecified atom stereocenters. The monoisotopic (exact) mass is 330 g/mol. The Morgan fingerprint density at radius 1 is 1.32 bits per heavy atom. The second-order valence-electron chi connectivity index (χ2n) is 4.65. The van der Waals surface area contributed by atoms with Crippen LogP contribution in [0.25, 0.3) is 0 Å². The molecule has 1 aliphatic heterocycles. The van der Waals surface area contributed by atoms with E-state index in [2.05, 4.69) is 15.2 Å². The molecule has 1 fully saturated rings. The van der Waals surface area contributed by atoms with Crippen molar-refractivity contribution in [3.05, 3.63) is 42.0 Å². The predicted molar refractivity (Wildman–Crippen MR) is 70.2 cm³/mol. The predicted octanol–water partition coefficient (Wildman–Crippen LogP) is 0.845. The molecule has 0 spiro atoms. The van der Waals surface area contributed by atoms with Gasteiger partial charge < -0.3 is 4.74 Å². The lowest BCUT2D eigenvalue weighted by atomic mass is 10.2. The largest absolute Gasteiger partial charge is 0.378 e. The Kier molecular flexibility index (Phi) is 3.89. The molecule has 1 aromatic carbocycles. The van der Waals surface area contributed by atoms with E-state index in [0.717, 1.165) is 16.4 Å². The molecular weight excluding hydrogens is 318 g/mol. The minimum absolute atomic E-state index is 0.0761. The second kappa shape index (κ2) is 5.71. The van der Waals surface area contributed by atoms with Crippen LogP contribution in [0.3, 0.4) is 0 Å². The first kappa shape index (κ1) is 15.0. The highest BCUT2D eigenvalue weighted by Crippen LogP contribution is 2.28. The third-order valence-electron chi connectivity index (χ3n) is 3.33. The molecule has 0 bridgehead atoms. The Balaban J connectivity index is 2.00. The van der Waals surface area contributed by atoms with Gasteiger partial charge in [0.1, 0.15) is 18.2 Å². The van der Waals surface area contributed by atoms with Gasteiger partial charge in [-0.15, -0.1) is 0 Å². The normalized spacial score (nSPS) is 20.2. The summed E-state index contributed by atoms with van der Waals surface area (Å²) in [5.74, 6) is -2.00. The smallest absolute Gasteiger partial charge is 0.244 e. The van der Waals surface area contributed by atoms with E-state index in [1.54, 1.807) is 0 Å². The third-order valence-corrected chi connectivity index (χ3v) is 5.23. The van der Waals surface area contributed by atoms with Crippen LogP contribution in [-0.2, 0) is 14.8 Å². The lowest BCUT2D eigenvalue weighted by molar-refractivity contribution is 0.0291. The maximum atomic E-state index is 13.3. The fourth-order valence-electron chi connectivity index (χ4n) is 2.24. The number of hydrogen-bond donors (Lipinski definition) is 1. The van der Waals surface area contributed by atoms with Gasteiger partial charge in [-0.25, -0.2) is 22.2 Å². The van der Waals surface area contributed by atoms with Crippen LogP contribution in [-0.4, -0.2) is 47.7 Å². The number of nitrogens with zero attached hydrogens (tertiary/aromatic N) is 3. The van der Waals surface area contributed by atoms with Gasteiger partial charge in [-0.1, -0.05) is 0 Å². The summed E-state index contributed by atoms with van der Waals surface area (Å²) in [7, 11) is -4.02. The summed E-state index contributed by atoms with van der Waals surface area (Å²) in [5, 5.41) is 6.29. The van der Waals surface area contributed by atoms with Crippen molar-refractivity contribution in [3.8, 4) is 0 Å². The third kappa shape index (κ3) is 2.60. The standard InChI is InChI=1S/C12H12F2N4O3S/c13-9-2-1-8(5-10(9)14)22(19,20)18-3-4-21-6-11(18)12-15-7-16-17-12/h1-2,5,7,11H,3-4,6H2,(H,15,16,17). The molecular formula is C12H12F2N4O3S. The zero-order valence-corrected chi connectivity index (χ0v) is 12.1. The van der Waals surface area contributed by atoms with Crippen LogP contribution in [0.5, 0.6) is 0 Å². The van der Waals surface area contributed by atoms with Gasteiger partial charge in [-0.2, -0.15) is 9.40 Å². The molecule has 7 nitrogen and oxygen atoms in total. The maximum Gasteiger partial charge on any atom is 0.244 e. The summed E-state index contributed by atoms with van der Waals surface area (Å²) in [6.07, 6.45) is 1.26. The maximum absolute atomic E-state index is 13.3.